The van der Waals surface area contributed by atoms with Crippen molar-refractivity contribution in [1.82, 2.24) is 0 Å². The lowest BCUT2D eigenvalue weighted by Crippen LogP contribution is -2.60. The molecular weight excluding hydrogens is 470 g/mol. The van der Waals surface area contributed by atoms with E-state index in [4.69, 9.17) is 3.74 Å². The highest BCUT2D eigenvalue weighted by Crippen LogP contribution is 2.40. The fourth-order valence-electron chi connectivity index (χ4n) is 3.97. The van der Waals surface area contributed by atoms with Gasteiger partial charge in [-0.25, -0.2) is 0 Å². The normalized spacial score (nSPS) is 14.7. The van der Waals surface area contributed by atoms with E-state index in [-0.39, 0.29) is 0 Å². The van der Waals surface area contributed by atoms with Gasteiger partial charge < -0.3 is 4.90 Å². The summed E-state index contributed by atoms with van der Waals surface area (Å²) in [5, 5.41) is 0.828. The molecule has 0 saturated heterocycles. The van der Waals surface area contributed by atoms with E-state index in [9.17, 15) is 14.0 Å². The summed E-state index contributed by atoms with van der Waals surface area (Å²) in [4.78, 5) is 2.68. The summed E-state index contributed by atoms with van der Waals surface area (Å²) in [7, 11) is -2.00. The number of nitrogens with zero attached hydrogens (tertiary/aromatic N) is 1. The smallest absolute Gasteiger partial charge is 0.148 e. The fraction of sp³-hybridized carbons (Fsp3) is 0.222. The van der Waals surface area contributed by atoms with Gasteiger partial charge in [0.25, 0.3) is 0 Å². The molecule has 0 fully saturated rings. The van der Waals surface area contributed by atoms with Crippen LogP contribution in [-0.4, -0.2) is 14.1 Å². The maximum absolute atomic E-state index is 11.7. The zero-order valence-corrected chi connectivity index (χ0v) is 21.1. The molecule has 5 nitrogen and oxygen atoms in total. The second-order valence-corrected chi connectivity index (χ2v) is 10.8. The Hall–Kier alpha value is -2.63. The number of aryl methyl sites for hydroxylation is 2. The molecule has 0 saturated carbocycles. The molecule has 34 heavy (non-hydrogen) atoms. The number of hydrogen-bond acceptors (Lipinski definition) is 5. The van der Waals surface area contributed by atoms with Gasteiger partial charge in [0.05, 0.1) is 19.6 Å². The SMILES string of the molecule is CCc1cc(CC)c2c(c1)=C(C#Cc1ccc(N(C)C)cc1)c1ccccc1S=2O[Cl+3]([O-])([O-])[O-]. The Kier molecular flexibility index (Phi) is 7.15. The Labute approximate surface area is 204 Å². The summed E-state index contributed by atoms with van der Waals surface area (Å²) in [6, 6.07) is 19.5. The third-order valence-electron chi connectivity index (χ3n) is 5.68. The van der Waals surface area contributed by atoms with Gasteiger partial charge in [-0.1, -0.05) is 50.0 Å². The van der Waals surface area contributed by atoms with Gasteiger partial charge in [0, 0.05) is 41.7 Å². The molecule has 0 aromatic heterocycles. The van der Waals surface area contributed by atoms with Crippen LogP contribution in [-0.2, 0) is 16.6 Å². The minimum atomic E-state index is -4.61. The Morgan fingerprint density at radius 3 is 2.24 bits per heavy atom. The summed E-state index contributed by atoms with van der Waals surface area (Å²) in [6.45, 7) is 4.09. The minimum absolute atomic E-state index is 0.646. The van der Waals surface area contributed by atoms with Gasteiger partial charge in [0.2, 0.25) is 0 Å². The van der Waals surface area contributed by atoms with E-state index in [0.29, 0.717) is 11.3 Å². The second kappa shape index (κ2) is 9.93. The summed E-state index contributed by atoms with van der Waals surface area (Å²) >= 11 is 0. The minimum Gasteiger partial charge on any atom is -0.378 e. The predicted octanol–water partition coefficient (Wildman–Crippen LogP) is 1.85. The molecule has 1 aliphatic rings. The van der Waals surface area contributed by atoms with E-state index in [2.05, 4.69) is 24.8 Å². The fourth-order valence-corrected chi connectivity index (χ4v) is 6.71. The number of benzene rings is 3. The molecule has 0 spiro atoms. The molecule has 1 heterocycles. The molecule has 1 atom stereocenters. The number of hydrogen-bond donors (Lipinski definition) is 0. The molecule has 0 amide bonds. The summed E-state index contributed by atoms with van der Waals surface area (Å²) in [6.07, 6.45) is 1.50. The van der Waals surface area contributed by atoms with E-state index in [0.717, 1.165) is 49.7 Å². The molecule has 176 valence electrons. The zero-order valence-electron chi connectivity index (χ0n) is 19.6. The van der Waals surface area contributed by atoms with Crippen molar-refractivity contribution in [3.63, 3.8) is 0 Å². The van der Waals surface area contributed by atoms with Crippen molar-refractivity contribution < 1.29 is 28.0 Å². The number of anilines is 1. The number of halogens is 1. The average molecular weight is 496 g/mol. The molecule has 1 aliphatic heterocycles. The van der Waals surface area contributed by atoms with E-state index < -0.39 is 21.0 Å². The quantitative estimate of drug-likeness (QED) is 0.398. The molecule has 0 bridgehead atoms. The Balaban J connectivity index is 2.06. The standard InChI is InChI=1S/C27H26ClNO4S/c1-5-19-17-21(6-2)27-25(18-19)23(16-13-20-11-14-22(15-12-20)29(3)4)24-9-7-8-10-26(24)34(27)33-28(30,31)32/h7-12,14-15,17-18H,5-6H2,1-4H3. The molecule has 0 N–H and O–H groups in total. The van der Waals surface area contributed by atoms with Gasteiger partial charge in [0.1, 0.15) is 14.5 Å². The van der Waals surface area contributed by atoms with E-state index in [1.54, 1.807) is 0 Å². The molecule has 0 radical (unpaired) electrons. The van der Waals surface area contributed by atoms with E-state index >= 15 is 0 Å². The molecular formula is C27H26ClNO4S. The lowest BCUT2D eigenvalue weighted by atomic mass is 9.98. The van der Waals surface area contributed by atoms with Crippen molar-refractivity contribution in [2.24, 2.45) is 0 Å². The van der Waals surface area contributed by atoms with Crippen LogP contribution in [0.4, 0.5) is 5.69 Å². The van der Waals surface area contributed by atoms with Crippen molar-refractivity contribution in [3.8, 4) is 11.8 Å². The van der Waals surface area contributed by atoms with Crippen LogP contribution in [0, 0.1) is 26.6 Å². The molecule has 3 aromatic rings. The van der Waals surface area contributed by atoms with E-state index in [1.807, 2.05) is 80.5 Å². The van der Waals surface area contributed by atoms with E-state index in [1.165, 1.54) is 0 Å². The highest BCUT2D eigenvalue weighted by Gasteiger charge is 2.30. The van der Waals surface area contributed by atoms with Gasteiger partial charge in [0.15, 0.2) is 0 Å². The first-order valence-corrected chi connectivity index (χ1v) is 13.4. The van der Waals surface area contributed by atoms with Gasteiger partial charge >= 0.3 is 0 Å². The topological polar surface area (TPSA) is 81.7 Å². The van der Waals surface area contributed by atoms with Gasteiger partial charge in [-0.05, 0) is 60.4 Å². The van der Waals surface area contributed by atoms with Gasteiger partial charge in [-0.3, -0.25) is 0 Å². The first-order valence-electron chi connectivity index (χ1n) is 11.0. The Morgan fingerprint density at radius 1 is 0.912 bits per heavy atom. The van der Waals surface area contributed by atoms with Crippen LogP contribution in [0.15, 0.2) is 65.6 Å². The third kappa shape index (κ3) is 5.06. The van der Waals surface area contributed by atoms with Crippen molar-refractivity contribution in [3.05, 3.63) is 92.6 Å². The maximum atomic E-state index is 11.7. The highest BCUT2D eigenvalue weighted by atomic mass is 35.7. The molecule has 0 aliphatic carbocycles. The second-order valence-electron chi connectivity index (χ2n) is 8.11. The predicted molar refractivity (Wildman–Crippen MR) is 127 cm³/mol. The summed E-state index contributed by atoms with van der Waals surface area (Å²) in [5.74, 6) is 6.63. The van der Waals surface area contributed by atoms with Crippen molar-refractivity contribution in [2.75, 3.05) is 19.0 Å². The van der Waals surface area contributed by atoms with Crippen LogP contribution in [0.5, 0.6) is 0 Å². The Morgan fingerprint density at radius 2 is 1.62 bits per heavy atom. The van der Waals surface area contributed by atoms with Gasteiger partial charge in [-0.15, -0.1) is 0 Å². The Bertz CT molecular complexity index is 1410. The lowest BCUT2D eigenvalue weighted by molar-refractivity contribution is -1.91. The summed E-state index contributed by atoms with van der Waals surface area (Å²) in [5.41, 5.74) is 5.63. The van der Waals surface area contributed by atoms with Gasteiger partial charge in [-0.2, -0.15) is 14.0 Å². The molecule has 1 unspecified atom stereocenters. The highest BCUT2D eigenvalue weighted by molar-refractivity contribution is 8.05. The first-order chi connectivity index (χ1) is 16.2. The maximum Gasteiger partial charge on any atom is 0.148 e. The molecule has 7 heteroatoms. The first kappa shape index (κ1) is 24.5. The largest absolute Gasteiger partial charge is 0.378 e. The average Bonchev–Trinajstić information content (AvgIpc) is 2.82. The monoisotopic (exact) mass is 495 g/mol. The van der Waals surface area contributed by atoms with Crippen LogP contribution in [0.2, 0.25) is 0 Å². The third-order valence-corrected chi connectivity index (χ3v) is 8.41. The molecule has 3 aromatic carbocycles. The lowest BCUT2D eigenvalue weighted by Gasteiger charge is -2.20. The molecule has 4 rings (SSSR count). The van der Waals surface area contributed by atoms with Crippen LogP contribution in [0.1, 0.15) is 36.1 Å². The van der Waals surface area contributed by atoms with Crippen molar-refractivity contribution in [2.45, 2.75) is 31.6 Å². The number of rotatable bonds is 5. The summed E-state index contributed by atoms with van der Waals surface area (Å²) < 4.78 is 40.9. The number of fused-ring (bicyclic) bond motifs is 2. The van der Waals surface area contributed by atoms with Crippen LogP contribution in [0.25, 0.3) is 5.57 Å². The van der Waals surface area contributed by atoms with Crippen LogP contribution >= 0.6 is 10.8 Å². The van der Waals surface area contributed by atoms with Crippen molar-refractivity contribution >= 4 is 22.0 Å². The van der Waals surface area contributed by atoms with Crippen LogP contribution in [0.3, 0.4) is 0 Å². The van der Waals surface area contributed by atoms with Crippen LogP contribution < -0.4 is 24.1 Å². The van der Waals surface area contributed by atoms with Crippen molar-refractivity contribution in [1.29, 1.82) is 0 Å². The zero-order chi connectivity index (χ0) is 24.5.